The Morgan fingerprint density at radius 1 is 1.00 bits per heavy atom. The largest absolute Gasteiger partial charge is 0.352 e. The van der Waals surface area contributed by atoms with E-state index in [1.807, 2.05) is 51.1 Å². The van der Waals surface area contributed by atoms with Crippen molar-refractivity contribution in [3.05, 3.63) is 65.2 Å². The predicted octanol–water partition coefficient (Wildman–Crippen LogP) is 3.01. The van der Waals surface area contributed by atoms with Crippen molar-refractivity contribution in [1.82, 2.24) is 10.2 Å². The number of rotatable bonds is 9. The van der Waals surface area contributed by atoms with Crippen molar-refractivity contribution in [1.29, 1.82) is 0 Å². The summed E-state index contributed by atoms with van der Waals surface area (Å²) in [5.74, 6) is -0.741. The van der Waals surface area contributed by atoms with Crippen LogP contribution >= 0.6 is 0 Å². The Hall–Kier alpha value is -2.87. The maximum atomic E-state index is 13.4. The van der Waals surface area contributed by atoms with Crippen molar-refractivity contribution < 1.29 is 18.0 Å². The zero-order valence-electron chi connectivity index (χ0n) is 19.6. The van der Waals surface area contributed by atoms with E-state index in [9.17, 15) is 18.0 Å². The molecule has 0 saturated heterocycles. The second-order valence-electron chi connectivity index (χ2n) is 8.41. The lowest BCUT2D eigenvalue weighted by Gasteiger charge is -2.32. The molecule has 174 valence electrons. The third-order valence-corrected chi connectivity index (χ3v) is 6.22. The highest BCUT2D eigenvalue weighted by Crippen LogP contribution is 2.23. The van der Waals surface area contributed by atoms with Crippen LogP contribution in [0, 0.1) is 13.8 Å². The van der Waals surface area contributed by atoms with Crippen molar-refractivity contribution in [3.63, 3.8) is 0 Å². The van der Waals surface area contributed by atoms with Gasteiger partial charge in [0.25, 0.3) is 0 Å². The molecule has 0 aliphatic rings. The molecule has 0 saturated carbocycles. The van der Waals surface area contributed by atoms with Gasteiger partial charge in [-0.15, -0.1) is 0 Å². The molecule has 32 heavy (non-hydrogen) atoms. The van der Waals surface area contributed by atoms with Crippen LogP contribution in [0.25, 0.3) is 0 Å². The first kappa shape index (κ1) is 25.4. The first-order valence-electron chi connectivity index (χ1n) is 10.6. The molecule has 2 rings (SSSR count). The average molecular weight is 460 g/mol. The van der Waals surface area contributed by atoms with E-state index in [1.54, 1.807) is 32.0 Å². The van der Waals surface area contributed by atoms with Crippen LogP contribution in [0.5, 0.6) is 0 Å². The van der Waals surface area contributed by atoms with Gasteiger partial charge in [-0.25, -0.2) is 8.42 Å². The Balaban J connectivity index is 2.40. The summed E-state index contributed by atoms with van der Waals surface area (Å²) in [6.07, 6.45) is 1.08. The molecule has 0 aromatic heterocycles. The molecular weight excluding hydrogens is 426 g/mol. The molecule has 2 amide bonds. The first-order valence-corrected chi connectivity index (χ1v) is 12.4. The second-order valence-corrected chi connectivity index (χ2v) is 10.3. The number of carbonyl (C=O) groups excluding carboxylic acids is 2. The number of amides is 2. The Morgan fingerprint density at radius 2 is 1.66 bits per heavy atom. The minimum Gasteiger partial charge on any atom is -0.352 e. The van der Waals surface area contributed by atoms with Crippen LogP contribution in [0.3, 0.4) is 0 Å². The van der Waals surface area contributed by atoms with Crippen LogP contribution < -0.4 is 9.62 Å². The van der Waals surface area contributed by atoms with Crippen LogP contribution in [0.1, 0.15) is 37.5 Å². The van der Waals surface area contributed by atoms with E-state index >= 15 is 0 Å². The van der Waals surface area contributed by atoms with Gasteiger partial charge in [0, 0.05) is 12.6 Å². The Kier molecular flexibility index (Phi) is 8.44. The second kappa shape index (κ2) is 10.6. The van der Waals surface area contributed by atoms with Crippen molar-refractivity contribution in [2.75, 3.05) is 17.1 Å². The van der Waals surface area contributed by atoms with Crippen molar-refractivity contribution in [2.45, 2.75) is 53.2 Å². The molecule has 0 unspecified atom stereocenters. The van der Waals surface area contributed by atoms with E-state index in [4.69, 9.17) is 0 Å². The number of anilines is 1. The SMILES string of the molecule is Cc1cccc(CN(C(=O)CN(c2ccccc2C)S(C)(=O)=O)[C@@H](C)C(=O)NC(C)C)c1. The monoisotopic (exact) mass is 459 g/mol. The van der Waals surface area contributed by atoms with Gasteiger partial charge in [-0.3, -0.25) is 13.9 Å². The van der Waals surface area contributed by atoms with E-state index in [1.165, 1.54) is 4.90 Å². The molecule has 0 radical (unpaired) electrons. The molecule has 1 N–H and O–H groups in total. The van der Waals surface area contributed by atoms with Crippen molar-refractivity contribution in [3.8, 4) is 0 Å². The normalized spacial score (nSPS) is 12.3. The highest BCUT2D eigenvalue weighted by atomic mass is 32.2. The van der Waals surface area contributed by atoms with E-state index in [0.717, 1.165) is 27.3 Å². The van der Waals surface area contributed by atoms with Crippen LogP contribution in [-0.4, -0.2) is 50.0 Å². The maximum absolute atomic E-state index is 13.4. The molecule has 2 aromatic rings. The molecule has 0 aliphatic heterocycles. The smallest absolute Gasteiger partial charge is 0.244 e. The van der Waals surface area contributed by atoms with E-state index in [2.05, 4.69) is 5.32 Å². The lowest BCUT2D eigenvalue weighted by atomic mass is 10.1. The first-order chi connectivity index (χ1) is 14.9. The molecule has 0 aliphatic carbocycles. The number of carbonyl (C=O) groups is 2. The number of sulfonamides is 1. The Bertz CT molecular complexity index is 1070. The maximum Gasteiger partial charge on any atom is 0.244 e. The Labute approximate surface area is 191 Å². The minimum absolute atomic E-state index is 0.0830. The summed E-state index contributed by atoms with van der Waals surface area (Å²) in [4.78, 5) is 27.6. The van der Waals surface area contributed by atoms with Gasteiger partial charge in [0.2, 0.25) is 21.8 Å². The third kappa shape index (κ3) is 6.82. The standard InChI is InChI=1S/C24H33N3O4S/c1-17(2)25-24(29)20(5)26(15-21-12-9-10-18(3)14-21)23(28)16-27(32(6,30)31)22-13-8-7-11-19(22)4/h7-14,17,20H,15-16H2,1-6H3,(H,25,29)/t20-/m0/s1. The van der Waals surface area contributed by atoms with Gasteiger partial charge in [-0.2, -0.15) is 0 Å². The van der Waals surface area contributed by atoms with E-state index in [0.29, 0.717) is 5.69 Å². The summed E-state index contributed by atoms with van der Waals surface area (Å²) in [7, 11) is -3.73. The number of nitrogens with zero attached hydrogens (tertiary/aromatic N) is 2. The van der Waals surface area contributed by atoms with Gasteiger partial charge in [0.1, 0.15) is 12.6 Å². The molecule has 8 heteroatoms. The quantitative estimate of drug-likeness (QED) is 0.625. The van der Waals surface area contributed by atoms with Crippen molar-refractivity contribution in [2.24, 2.45) is 0 Å². The van der Waals surface area contributed by atoms with Gasteiger partial charge < -0.3 is 10.2 Å². The van der Waals surface area contributed by atoms with Crippen LogP contribution in [0.4, 0.5) is 5.69 Å². The number of aryl methyl sites for hydroxylation is 2. The third-order valence-electron chi connectivity index (χ3n) is 5.10. The molecule has 2 aromatic carbocycles. The molecule has 0 heterocycles. The van der Waals surface area contributed by atoms with E-state index < -0.39 is 28.5 Å². The lowest BCUT2D eigenvalue weighted by Crippen LogP contribution is -2.52. The van der Waals surface area contributed by atoms with Gasteiger partial charge >= 0.3 is 0 Å². The molecule has 7 nitrogen and oxygen atoms in total. The highest BCUT2D eigenvalue weighted by Gasteiger charge is 2.30. The summed E-state index contributed by atoms with van der Waals surface area (Å²) >= 11 is 0. The number of hydrogen-bond donors (Lipinski definition) is 1. The highest BCUT2D eigenvalue weighted by molar-refractivity contribution is 7.92. The zero-order chi connectivity index (χ0) is 24.1. The molecule has 0 spiro atoms. The van der Waals surface area contributed by atoms with Gasteiger partial charge in [0.05, 0.1) is 11.9 Å². The number of nitrogens with one attached hydrogen (secondary N) is 1. The van der Waals surface area contributed by atoms with Gasteiger partial charge in [-0.1, -0.05) is 48.0 Å². The molecular formula is C24H33N3O4S. The van der Waals surface area contributed by atoms with Crippen molar-refractivity contribution >= 4 is 27.5 Å². The minimum atomic E-state index is -3.73. The van der Waals surface area contributed by atoms with Gasteiger partial charge in [-0.05, 0) is 51.8 Å². The average Bonchev–Trinajstić information content (AvgIpc) is 2.69. The summed E-state index contributed by atoms with van der Waals surface area (Å²) in [6.45, 7) is 8.90. The molecule has 0 bridgehead atoms. The van der Waals surface area contributed by atoms with E-state index in [-0.39, 0.29) is 18.5 Å². The fraction of sp³-hybridized carbons (Fsp3) is 0.417. The Morgan fingerprint density at radius 3 is 2.22 bits per heavy atom. The number of hydrogen-bond acceptors (Lipinski definition) is 4. The predicted molar refractivity (Wildman–Crippen MR) is 128 cm³/mol. The van der Waals surface area contributed by atoms with Crippen LogP contribution in [0.2, 0.25) is 0 Å². The number of benzene rings is 2. The summed E-state index contributed by atoms with van der Waals surface area (Å²) in [5.41, 5.74) is 3.08. The molecule has 0 fully saturated rings. The van der Waals surface area contributed by atoms with Gasteiger partial charge in [0.15, 0.2) is 0 Å². The van der Waals surface area contributed by atoms with Crippen LogP contribution in [0.15, 0.2) is 48.5 Å². The number of para-hydroxylation sites is 1. The fourth-order valence-electron chi connectivity index (χ4n) is 3.43. The summed E-state index contributed by atoms with van der Waals surface area (Å²) < 4.78 is 26.2. The fourth-order valence-corrected chi connectivity index (χ4v) is 4.34. The topological polar surface area (TPSA) is 86.8 Å². The van der Waals surface area contributed by atoms with Crippen LogP contribution in [-0.2, 0) is 26.2 Å². The lowest BCUT2D eigenvalue weighted by molar-refractivity contribution is -0.139. The zero-order valence-corrected chi connectivity index (χ0v) is 20.4. The summed E-state index contributed by atoms with van der Waals surface area (Å²) in [5, 5.41) is 2.83. The summed E-state index contributed by atoms with van der Waals surface area (Å²) in [6, 6.07) is 13.8. The molecule has 1 atom stereocenters.